The Morgan fingerprint density at radius 2 is 1.87 bits per heavy atom. The zero-order valence-corrected chi connectivity index (χ0v) is 8.26. The van der Waals surface area contributed by atoms with E-state index in [1.807, 2.05) is 0 Å². The first-order valence-corrected chi connectivity index (χ1v) is 4.33. The number of aliphatic hydroxyl groups is 1. The molecule has 1 fully saturated rings. The summed E-state index contributed by atoms with van der Waals surface area (Å²) in [6, 6.07) is 0. The monoisotopic (exact) mass is 229 g/mol. The minimum Gasteiger partial charge on any atom is -0.475 e. The normalized spacial score (nSPS) is 18.5. The molecule has 1 heterocycles. The van der Waals surface area contributed by atoms with Gasteiger partial charge in [0.05, 0.1) is 0 Å². The molecule has 90 valence electrons. The number of halogens is 3. The van der Waals surface area contributed by atoms with E-state index in [2.05, 4.69) is 12.2 Å². The van der Waals surface area contributed by atoms with Gasteiger partial charge in [-0.3, -0.25) is 0 Å². The van der Waals surface area contributed by atoms with Gasteiger partial charge in [-0.15, -0.1) is 0 Å². The molecule has 0 spiro atoms. The Hall–Kier alpha value is -0.820. The fourth-order valence-electron chi connectivity index (χ4n) is 0.998. The molecule has 0 aromatic rings. The quantitative estimate of drug-likeness (QED) is 0.649. The molecule has 4 nitrogen and oxygen atoms in total. The van der Waals surface area contributed by atoms with Gasteiger partial charge < -0.3 is 15.5 Å². The molecule has 1 aliphatic rings. The first-order chi connectivity index (χ1) is 6.71. The van der Waals surface area contributed by atoms with Gasteiger partial charge in [-0.1, -0.05) is 6.92 Å². The van der Waals surface area contributed by atoms with Crippen LogP contribution in [0.5, 0.6) is 0 Å². The first-order valence-electron chi connectivity index (χ1n) is 4.33. The summed E-state index contributed by atoms with van der Waals surface area (Å²) in [5.74, 6) is -2.76. The van der Waals surface area contributed by atoms with Crippen LogP contribution in [-0.2, 0) is 4.79 Å². The van der Waals surface area contributed by atoms with E-state index >= 15 is 0 Å². The summed E-state index contributed by atoms with van der Waals surface area (Å²) < 4.78 is 31.7. The Morgan fingerprint density at radius 1 is 1.47 bits per heavy atom. The van der Waals surface area contributed by atoms with Crippen molar-refractivity contribution in [3.05, 3.63) is 0 Å². The highest BCUT2D eigenvalue weighted by atomic mass is 19.4. The molecule has 0 aromatic heterocycles. The predicted octanol–water partition coefficient (Wildman–Crippen LogP) is 0.612. The van der Waals surface area contributed by atoms with Crippen LogP contribution >= 0.6 is 0 Å². The smallest absolute Gasteiger partial charge is 0.475 e. The Morgan fingerprint density at radius 3 is 1.93 bits per heavy atom. The molecule has 0 bridgehead atoms. The second-order valence-electron chi connectivity index (χ2n) is 3.69. The summed E-state index contributed by atoms with van der Waals surface area (Å²) in [5, 5.41) is 18.8. The van der Waals surface area contributed by atoms with E-state index in [0.29, 0.717) is 12.0 Å². The second-order valence-corrected chi connectivity index (χ2v) is 3.69. The molecule has 0 saturated carbocycles. The topological polar surface area (TPSA) is 69.6 Å². The summed E-state index contributed by atoms with van der Waals surface area (Å²) in [6.45, 7) is 4.68. The van der Waals surface area contributed by atoms with Crippen molar-refractivity contribution < 1.29 is 28.2 Å². The van der Waals surface area contributed by atoms with Crippen LogP contribution in [-0.4, -0.2) is 42.1 Å². The highest BCUT2D eigenvalue weighted by Gasteiger charge is 2.38. The molecule has 0 amide bonds. The number of rotatable bonds is 2. The van der Waals surface area contributed by atoms with Gasteiger partial charge in [0.15, 0.2) is 0 Å². The standard InChI is InChI=1S/C6H13NO.C2HF3O2/c1-6(2-3-8)4-7-5-6;3-2(4,5)1(6)7/h7-8H,2-5H2,1H3;(H,6,7). The van der Waals surface area contributed by atoms with Gasteiger partial charge in [-0.25, -0.2) is 4.79 Å². The molecule has 1 saturated heterocycles. The molecule has 0 aromatic carbocycles. The van der Waals surface area contributed by atoms with E-state index in [1.54, 1.807) is 0 Å². The number of hydrogen-bond acceptors (Lipinski definition) is 3. The van der Waals surface area contributed by atoms with Gasteiger partial charge >= 0.3 is 12.1 Å². The average Bonchev–Trinajstić information content (AvgIpc) is 2.01. The van der Waals surface area contributed by atoms with E-state index < -0.39 is 12.1 Å². The van der Waals surface area contributed by atoms with E-state index in [-0.39, 0.29) is 0 Å². The van der Waals surface area contributed by atoms with Crippen molar-refractivity contribution in [2.45, 2.75) is 19.5 Å². The minimum absolute atomic E-state index is 0.332. The maximum absolute atomic E-state index is 10.6. The minimum atomic E-state index is -5.08. The third kappa shape index (κ3) is 5.58. The van der Waals surface area contributed by atoms with Crippen molar-refractivity contribution in [1.82, 2.24) is 5.32 Å². The molecule has 3 N–H and O–H groups in total. The third-order valence-electron chi connectivity index (χ3n) is 2.06. The Balaban J connectivity index is 0.000000265. The predicted molar refractivity (Wildman–Crippen MR) is 46.4 cm³/mol. The number of hydrogen-bond donors (Lipinski definition) is 3. The van der Waals surface area contributed by atoms with Gasteiger partial charge in [-0.2, -0.15) is 13.2 Å². The zero-order valence-electron chi connectivity index (χ0n) is 8.26. The number of alkyl halides is 3. The molecule has 0 unspecified atom stereocenters. The molecule has 0 atom stereocenters. The van der Waals surface area contributed by atoms with Crippen LogP contribution in [0.15, 0.2) is 0 Å². The SMILES string of the molecule is CC1(CCO)CNC1.O=C(O)C(F)(F)F. The lowest BCUT2D eigenvalue weighted by Crippen LogP contribution is -2.51. The molecule has 7 heteroatoms. The van der Waals surface area contributed by atoms with Crippen molar-refractivity contribution in [2.24, 2.45) is 5.41 Å². The van der Waals surface area contributed by atoms with Gasteiger partial charge in [-0.05, 0) is 11.8 Å². The molecule has 0 radical (unpaired) electrons. The summed E-state index contributed by atoms with van der Waals surface area (Å²) in [5.41, 5.74) is 0.411. The van der Waals surface area contributed by atoms with E-state index in [9.17, 15) is 13.2 Å². The average molecular weight is 229 g/mol. The summed E-state index contributed by atoms with van der Waals surface area (Å²) in [6.07, 6.45) is -4.14. The van der Waals surface area contributed by atoms with Gasteiger partial charge in [0.1, 0.15) is 0 Å². The first kappa shape index (κ1) is 14.2. The lowest BCUT2D eigenvalue weighted by molar-refractivity contribution is -0.192. The van der Waals surface area contributed by atoms with Gasteiger partial charge in [0, 0.05) is 19.7 Å². The Kier molecular flexibility index (Phi) is 5.02. The second kappa shape index (κ2) is 5.32. The molecule has 1 rings (SSSR count). The highest BCUT2D eigenvalue weighted by molar-refractivity contribution is 5.73. The highest BCUT2D eigenvalue weighted by Crippen LogP contribution is 2.24. The van der Waals surface area contributed by atoms with E-state index in [1.165, 1.54) is 0 Å². The van der Waals surface area contributed by atoms with Crippen LogP contribution in [0.2, 0.25) is 0 Å². The molecule has 0 aliphatic carbocycles. The van der Waals surface area contributed by atoms with Crippen LogP contribution in [0.25, 0.3) is 0 Å². The Labute approximate surface area is 85.1 Å². The maximum atomic E-state index is 10.6. The lowest BCUT2D eigenvalue weighted by atomic mass is 9.81. The largest absolute Gasteiger partial charge is 0.490 e. The van der Waals surface area contributed by atoms with Crippen LogP contribution < -0.4 is 5.32 Å². The molecule has 15 heavy (non-hydrogen) atoms. The van der Waals surface area contributed by atoms with Crippen molar-refractivity contribution in [1.29, 1.82) is 0 Å². The summed E-state index contributed by atoms with van der Waals surface area (Å²) >= 11 is 0. The van der Waals surface area contributed by atoms with Gasteiger partial charge in [0.25, 0.3) is 0 Å². The van der Waals surface area contributed by atoms with Crippen molar-refractivity contribution in [2.75, 3.05) is 19.7 Å². The van der Waals surface area contributed by atoms with Crippen molar-refractivity contribution >= 4 is 5.97 Å². The van der Waals surface area contributed by atoms with Crippen molar-refractivity contribution in [3.8, 4) is 0 Å². The number of carbonyl (C=O) groups is 1. The maximum Gasteiger partial charge on any atom is 0.490 e. The molecule has 1 aliphatic heterocycles. The fraction of sp³-hybridized carbons (Fsp3) is 0.875. The molecular formula is C8H14F3NO3. The van der Waals surface area contributed by atoms with Gasteiger partial charge in [0.2, 0.25) is 0 Å². The number of aliphatic hydroxyl groups excluding tert-OH is 1. The zero-order chi connectivity index (χ0) is 12.1. The van der Waals surface area contributed by atoms with Crippen LogP contribution in [0.1, 0.15) is 13.3 Å². The molecular weight excluding hydrogens is 215 g/mol. The summed E-state index contributed by atoms with van der Waals surface area (Å²) in [4.78, 5) is 8.90. The lowest BCUT2D eigenvalue weighted by Gasteiger charge is -2.38. The van der Waals surface area contributed by atoms with Crippen LogP contribution in [0.4, 0.5) is 13.2 Å². The van der Waals surface area contributed by atoms with E-state index in [4.69, 9.17) is 15.0 Å². The van der Waals surface area contributed by atoms with E-state index in [0.717, 1.165) is 19.5 Å². The van der Waals surface area contributed by atoms with Crippen LogP contribution in [0, 0.1) is 5.41 Å². The van der Waals surface area contributed by atoms with Crippen molar-refractivity contribution in [3.63, 3.8) is 0 Å². The number of carboxylic acid groups (broad SMARTS) is 1. The fourth-order valence-corrected chi connectivity index (χ4v) is 0.998. The number of aliphatic carboxylic acids is 1. The number of nitrogens with one attached hydrogen (secondary N) is 1. The van der Waals surface area contributed by atoms with Crippen LogP contribution in [0.3, 0.4) is 0 Å². The third-order valence-corrected chi connectivity index (χ3v) is 2.06. The summed E-state index contributed by atoms with van der Waals surface area (Å²) in [7, 11) is 0. The Bertz CT molecular complexity index is 214. The number of carboxylic acids is 1.